The number of carbonyl (C=O) groups is 1. The number of rotatable bonds is 1. The standard InChI is InChI=1S/C8H5F4NO2/c9-5-2-1-4(8(10,11)12)3-6(5)13-7(14)15/h1-3,13H,(H,14,15). The summed E-state index contributed by atoms with van der Waals surface area (Å²) in [7, 11) is 0. The van der Waals surface area contributed by atoms with Crippen molar-refractivity contribution in [1.29, 1.82) is 0 Å². The molecule has 0 aromatic heterocycles. The molecule has 0 saturated carbocycles. The molecule has 3 nitrogen and oxygen atoms in total. The van der Waals surface area contributed by atoms with Crippen LogP contribution in [0.5, 0.6) is 0 Å². The van der Waals surface area contributed by atoms with Gasteiger partial charge in [0.25, 0.3) is 0 Å². The van der Waals surface area contributed by atoms with Crippen LogP contribution in [0.15, 0.2) is 18.2 Å². The lowest BCUT2D eigenvalue weighted by molar-refractivity contribution is -0.137. The number of carboxylic acid groups (broad SMARTS) is 1. The summed E-state index contributed by atoms with van der Waals surface area (Å²) in [5, 5.41) is 9.75. The zero-order valence-corrected chi connectivity index (χ0v) is 7.10. The lowest BCUT2D eigenvalue weighted by atomic mass is 10.2. The molecule has 1 aromatic rings. The van der Waals surface area contributed by atoms with E-state index in [2.05, 4.69) is 0 Å². The Morgan fingerprint density at radius 1 is 1.33 bits per heavy atom. The van der Waals surface area contributed by atoms with Crippen LogP contribution in [-0.2, 0) is 6.18 Å². The second kappa shape index (κ2) is 3.76. The number of anilines is 1. The molecule has 0 aliphatic heterocycles. The molecule has 1 aromatic carbocycles. The van der Waals surface area contributed by atoms with Gasteiger partial charge in [-0.2, -0.15) is 13.2 Å². The number of nitrogens with one attached hydrogen (secondary N) is 1. The van der Waals surface area contributed by atoms with Gasteiger partial charge in [-0.25, -0.2) is 9.18 Å². The van der Waals surface area contributed by atoms with Crippen LogP contribution in [0.25, 0.3) is 0 Å². The SMILES string of the molecule is O=C(O)Nc1cc(C(F)(F)F)ccc1F. The molecule has 2 N–H and O–H groups in total. The monoisotopic (exact) mass is 223 g/mol. The minimum Gasteiger partial charge on any atom is -0.465 e. The summed E-state index contributed by atoms with van der Waals surface area (Å²) >= 11 is 0. The highest BCUT2D eigenvalue weighted by molar-refractivity contribution is 5.83. The van der Waals surface area contributed by atoms with Crippen molar-refractivity contribution in [3.8, 4) is 0 Å². The zero-order chi connectivity index (χ0) is 11.6. The Labute approximate surface area is 81.3 Å². The Kier molecular flexibility index (Phi) is 2.83. The Morgan fingerprint density at radius 2 is 1.93 bits per heavy atom. The van der Waals surface area contributed by atoms with Crippen molar-refractivity contribution < 1.29 is 27.5 Å². The Morgan fingerprint density at radius 3 is 2.40 bits per heavy atom. The van der Waals surface area contributed by atoms with Crippen LogP contribution in [0.3, 0.4) is 0 Å². The molecule has 0 aliphatic carbocycles. The third-order valence-corrected chi connectivity index (χ3v) is 1.54. The van der Waals surface area contributed by atoms with E-state index in [4.69, 9.17) is 5.11 Å². The first-order chi connectivity index (χ1) is 6.80. The Bertz CT molecular complexity index is 389. The first-order valence-electron chi connectivity index (χ1n) is 3.67. The molecule has 0 heterocycles. The van der Waals surface area contributed by atoms with Crippen LogP contribution < -0.4 is 5.32 Å². The second-order valence-corrected chi connectivity index (χ2v) is 2.62. The van der Waals surface area contributed by atoms with Gasteiger partial charge >= 0.3 is 12.3 Å². The molecule has 0 unspecified atom stereocenters. The molecule has 15 heavy (non-hydrogen) atoms. The van der Waals surface area contributed by atoms with Crippen LogP contribution in [-0.4, -0.2) is 11.2 Å². The normalized spacial score (nSPS) is 11.2. The average molecular weight is 223 g/mol. The smallest absolute Gasteiger partial charge is 0.416 e. The van der Waals surface area contributed by atoms with Crippen molar-refractivity contribution in [3.05, 3.63) is 29.6 Å². The molecule has 0 saturated heterocycles. The predicted molar refractivity (Wildman–Crippen MR) is 43.0 cm³/mol. The molecule has 7 heteroatoms. The average Bonchev–Trinajstić information content (AvgIpc) is 2.06. The number of hydrogen-bond donors (Lipinski definition) is 2. The summed E-state index contributed by atoms with van der Waals surface area (Å²) in [4.78, 5) is 10.1. The zero-order valence-electron chi connectivity index (χ0n) is 7.10. The topological polar surface area (TPSA) is 49.3 Å². The van der Waals surface area contributed by atoms with Gasteiger partial charge in [-0.05, 0) is 18.2 Å². The fraction of sp³-hybridized carbons (Fsp3) is 0.125. The van der Waals surface area contributed by atoms with E-state index in [1.807, 2.05) is 0 Å². The van der Waals surface area contributed by atoms with Crippen molar-refractivity contribution in [3.63, 3.8) is 0 Å². The summed E-state index contributed by atoms with van der Waals surface area (Å²) in [6.45, 7) is 0. The van der Waals surface area contributed by atoms with Gasteiger partial charge in [0.2, 0.25) is 0 Å². The number of amides is 1. The van der Waals surface area contributed by atoms with Crippen molar-refractivity contribution in [1.82, 2.24) is 0 Å². The molecule has 82 valence electrons. The van der Waals surface area contributed by atoms with E-state index in [0.717, 1.165) is 0 Å². The van der Waals surface area contributed by atoms with Gasteiger partial charge < -0.3 is 5.11 Å². The maximum atomic E-state index is 12.8. The molecule has 0 bridgehead atoms. The van der Waals surface area contributed by atoms with E-state index in [1.165, 1.54) is 5.32 Å². The van der Waals surface area contributed by atoms with Crippen LogP contribution >= 0.6 is 0 Å². The number of hydrogen-bond acceptors (Lipinski definition) is 1. The summed E-state index contributed by atoms with van der Waals surface area (Å²) in [6.07, 6.45) is -6.27. The molecule has 1 amide bonds. The highest BCUT2D eigenvalue weighted by Gasteiger charge is 2.31. The molecule has 0 aliphatic rings. The fourth-order valence-electron chi connectivity index (χ4n) is 0.913. The van der Waals surface area contributed by atoms with Crippen molar-refractivity contribution in [2.24, 2.45) is 0 Å². The van der Waals surface area contributed by atoms with Gasteiger partial charge in [-0.15, -0.1) is 0 Å². The van der Waals surface area contributed by atoms with E-state index >= 15 is 0 Å². The minimum atomic E-state index is -4.64. The van der Waals surface area contributed by atoms with Gasteiger partial charge in [0, 0.05) is 0 Å². The number of halogens is 4. The first kappa shape index (κ1) is 11.3. The van der Waals surface area contributed by atoms with Crippen LogP contribution in [0.4, 0.5) is 28.0 Å². The van der Waals surface area contributed by atoms with E-state index < -0.39 is 29.3 Å². The Balaban J connectivity index is 3.11. The summed E-state index contributed by atoms with van der Waals surface area (Å²) in [6, 6.07) is 1.47. The minimum absolute atomic E-state index is 0.392. The lowest BCUT2D eigenvalue weighted by Gasteiger charge is -2.09. The molecule has 0 spiro atoms. The predicted octanol–water partition coefficient (Wildman–Crippen LogP) is 2.93. The van der Waals surface area contributed by atoms with Gasteiger partial charge in [-0.1, -0.05) is 0 Å². The highest BCUT2D eigenvalue weighted by Crippen LogP contribution is 2.31. The fourth-order valence-corrected chi connectivity index (χ4v) is 0.913. The largest absolute Gasteiger partial charge is 0.465 e. The third-order valence-electron chi connectivity index (χ3n) is 1.54. The first-order valence-corrected chi connectivity index (χ1v) is 3.67. The molecule has 0 atom stereocenters. The number of benzene rings is 1. The Hall–Kier alpha value is -1.79. The van der Waals surface area contributed by atoms with Crippen LogP contribution in [0.2, 0.25) is 0 Å². The molecule has 0 fully saturated rings. The van der Waals surface area contributed by atoms with Crippen molar-refractivity contribution >= 4 is 11.8 Å². The summed E-state index contributed by atoms with van der Waals surface area (Å²) in [5.74, 6) is -1.06. The van der Waals surface area contributed by atoms with Gasteiger partial charge in [0.05, 0.1) is 11.3 Å². The highest BCUT2D eigenvalue weighted by atomic mass is 19.4. The van der Waals surface area contributed by atoms with E-state index in [0.29, 0.717) is 18.2 Å². The van der Waals surface area contributed by atoms with Crippen molar-refractivity contribution in [2.75, 3.05) is 5.32 Å². The van der Waals surface area contributed by atoms with E-state index in [-0.39, 0.29) is 0 Å². The molecular weight excluding hydrogens is 218 g/mol. The van der Waals surface area contributed by atoms with Gasteiger partial charge in [0.1, 0.15) is 5.82 Å². The van der Waals surface area contributed by atoms with Gasteiger partial charge in [-0.3, -0.25) is 5.32 Å². The molecular formula is C8H5F4NO2. The maximum absolute atomic E-state index is 12.8. The maximum Gasteiger partial charge on any atom is 0.416 e. The second-order valence-electron chi connectivity index (χ2n) is 2.62. The van der Waals surface area contributed by atoms with Gasteiger partial charge in [0.15, 0.2) is 0 Å². The molecule has 1 rings (SSSR count). The van der Waals surface area contributed by atoms with E-state index in [9.17, 15) is 22.4 Å². The van der Waals surface area contributed by atoms with E-state index in [1.54, 1.807) is 0 Å². The van der Waals surface area contributed by atoms with Crippen LogP contribution in [0.1, 0.15) is 5.56 Å². The summed E-state index contributed by atoms with van der Waals surface area (Å²) < 4.78 is 49.2. The number of alkyl halides is 3. The molecule has 0 radical (unpaired) electrons. The summed E-state index contributed by atoms with van der Waals surface area (Å²) in [5.41, 5.74) is -1.84. The lowest BCUT2D eigenvalue weighted by Crippen LogP contribution is -2.11. The van der Waals surface area contributed by atoms with Crippen LogP contribution in [0, 0.1) is 5.82 Å². The quantitative estimate of drug-likeness (QED) is 0.719. The van der Waals surface area contributed by atoms with Crippen molar-refractivity contribution in [2.45, 2.75) is 6.18 Å². The third kappa shape index (κ3) is 2.83.